The minimum atomic E-state index is -1.28. The van der Waals surface area contributed by atoms with Gasteiger partial charge in [-0.05, 0) is 31.8 Å². The van der Waals surface area contributed by atoms with Crippen molar-refractivity contribution in [3.63, 3.8) is 0 Å². The topological polar surface area (TPSA) is 96.4 Å². The number of aliphatic hydroxyl groups excluding tert-OH is 1. The SMILES string of the molecule is CC[C@@H](CO)N1C(=O)[C@@H]2[C@H]3C(=O)OCC=C[C@@]3(CC)O[C@@]23C=CCN(C2CCCCC2)C(=O)C13. The maximum atomic E-state index is 14.3. The van der Waals surface area contributed by atoms with Crippen molar-refractivity contribution >= 4 is 17.8 Å². The summed E-state index contributed by atoms with van der Waals surface area (Å²) in [5.41, 5.74) is -2.29. The highest BCUT2D eigenvalue weighted by Gasteiger charge is 2.76. The van der Waals surface area contributed by atoms with Crippen molar-refractivity contribution in [1.29, 1.82) is 0 Å². The van der Waals surface area contributed by atoms with E-state index in [0.29, 0.717) is 19.4 Å². The molecule has 1 N–H and O–H groups in total. The third-order valence-electron chi connectivity index (χ3n) is 8.76. The van der Waals surface area contributed by atoms with Crippen LogP contribution in [-0.4, -0.2) is 81.8 Å². The molecule has 2 amide bonds. The number of carbonyl (C=O) groups excluding carboxylic acids is 3. The van der Waals surface area contributed by atoms with Crippen molar-refractivity contribution < 1.29 is 29.0 Å². The average Bonchev–Trinajstić information content (AvgIpc) is 3.13. The van der Waals surface area contributed by atoms with E-state index in [2.05, 4.69) is 0 Å². The number of hydrogen-bond donors (Lipinski definition) is 1. The lowest BCUT2D eigenvalue weighted by Gasteiger charge is -2.42. The van der Waals surface area contributed by atoms with E-state index in [4.69, 9.17) is 9.47 Å². The maximum absolute atomic E-state index is 14.3. The number of fused-ring (bicyclic) bond motifs is 2. The first-order valence-electron chi connectivity index (χ1n) is 12.9. The number of cyclic esters (lactones) is 1. The lowest BCUT2D eigenvalue weighted by Crippen LogP contribution is -2.60. The van der Waals surface area contributed by atoms with E-state index in [0.717, 1.165) is 25.7 Å². The van der Waals surface area contributed by atoms with Gasteiger partial charge in [0.1, 0.15) is 29.8 Å². The van der Waals surface area contributed by atoms with Crippen LogP contribution in [0.2, 0.25) is 0 Å². The molecule has 1 aliphatic carbocycles. The van der Waals surface area contributed by atoms with Gasteiger partial charge in [-0.3, -0.25) is 14.4 Å². The summed E-state index contributed by atoms with van der Waals surface area (Å²) >= 11 is 0. The predicted molar refractivity (Wildman–Crippen MR) is 123 cm³/mol. The summed E-state index contributed by atoms with van der Waals surface area (Å²) in [6, 6.07) is -1.32. The molecule has 2 saturated heterocycles. The summed E-state index contributed by atoms with van der Waals surface area (Å²) in [5, 5.41) is 10.2. The van der Waals surface area contributed by atoms with Gasteiger partial charge < -0.3 is 24.4 Å². The Labute approximate surface area is 200 Å². The Morgan fingerprint density at radius 2 is 1.82 bits per heavy atom. The van der Waals surface area contributed by atoms with Crippen molar-refractivity contribution in [3.05, 3.63) is 24.3 Å². The first-order valence-corrected chi connectivity index (χ1v) is 12.9. The van der Waals surface area contributed by atoms with Gasteiger partial charge in [0, 0.05) is 12.6 Å². The lowest BCUT2D eigenvalue weighted by molar-refractivity contribution is -0.162. The van der Waals surface area contributed by atoms with Crippen molar-refractivity contribution in [2.75, 3.05) is 19.8 Å². The minimum Gasteiger partial charge on any atom is -0.461 e. The number of carbonyl (C=O) groups is 3. The van der Waals surface area contributed by atoms with E-state index < -0.39 is 41.1 Å². The molecule has 8 heteroatoms. The Balaban J connectivity index is 1.65. The maximum Gasteiger partial charge on any atom is 0.313 e. The summed E-state index contributed by atoms with van der Waals surface area (Å²) in [4.78, 5) is 45.1. The highest BCUT2D eigenvalue weighted by Crippen LogP contribution is 2.59. The first kappa shape index (κ1) is 23.5. The zero-order valence-corrected chi connectivity index (χ0v) is 20.2. The molecule has 5 rings (SSSR count). The van der Waals surface area contributed by atoms with E-state index in [1.807, 2.05) is 37.0 Å². The number of nitrogens with zero attached hydrogens (tertiary/aromatic N) is 2. The van der Waals surface area contributed by atoms with Crippen molar-refractivity contribution in [3.8, 4) is 0 Å². The minimum absolute atomic E-state index is 0.128. The van der Waals surface area contributed by atoms with Gasteiger partial charge in [-0.25, -0.2) is 0 Å². The molecule has 1 spiro atoms. The van der Waals surface area contributed by atoms with Gasteiger partial charge in [0.05, 0.1) is 18.6 Å². The molecule has 34 heavy (non-hydrogen) atoms. The molecule has 186 valence electrons. The van der Waals surface area contributed by atoms with Gasteiger partial charge >= 0.3 is 5.97 Å². The van der Waals surface area contributed by atoms with Crippen molar-refractivity contribution in [2.45, 2.75) is 88.1 Å². The number of aliphatic hydroxyl groups is 1. The molecule has 3 fully saturated rings. The van der Waals surface area contributed by atoms with Gasteiger partial charge in [-0.15, -0.1) is 0 Å². The number of likely N-dealkylation sites (tertiary alicyclic amines) is 1. The van der Waals surface area contributed by atoms with Crippen LogP contribution < -0.4 is 0 Å². The fourth-order valence-electron chi connectivity index (χ4n) is 7.08. The second kappa shape index (κ2) is 8.79. The van der Waals surface area contributed by atoms with Crippen LogP contribution in [0.3, 0.4) is 0 Å². The third kappa shape index (κ3) is 3.21. The van der Waals surface area contributed by atoms with Crippen LogP contribution in [0.1, 0.15) is 58.8 Å². The van der Waals surface area contributed by atoms with Crippen molar-refractivity contribution in [1.82, 2.24) is 9.80 Å². The number of rotatable bonds is 5. The van der Waals surface area contributed by atoms with E-state index >= 15 is 0 Å². The van der Waals surface area contributed by atoms with E-state index in [1.165, 1.54) is 6.42 Å². The predicted octanol–water partition coefficient (Wildman–Crippen LogP) is 1.96. The summed E-state index contributed by atoms with van der Waals surface area (Å²) in [6.07, 6.45) is 13.7. The normalized spacial score (nSPS) is 38.8. The van der Waals surface area contributed by atoms with Crippen LogP contribution in [0.4, 0.5) is 0 Å². The molecule has 0 bridgehead atoms. The highest BCUT2D eigenvalue weighted by molar-refractivity contribution is 5.99. The Bertz CT molecular complexity index is 907. The van der Waals surface area contributed by atoms with Gasteiger partial charge in [-0.2, -0.15) is 0 Å². The number of esters is 1. The average molecular weight is 473 g/mol. The number of hydrogen-bond acceptors (Lipinski definition) is 6. The summed E-state index contributed by atoms with van der Waals surface area (Å²) < 4.78 is 12.3. The molecular weight excluding hydrogens is 436 g/mol. The molecule has 1 saturated carbocycles. The molecule has 4 heterocycles. The van der Waals surface area contributed by atoms with Crippen LogP contribution in [0.25, 0.3) is 0 Å². The molecule has 0 aromatic carbocycles. The fraction of sp³-hybridized carbons (Fsp3) is 0.731. The molecule has 8 nitrogen and oxygen atoms in total. The summed E-state index contributed by atoms with van der Waals surface area (Å²) in [5.74, 6) is -2.62. The monoisotopic (exact) mass is 472 g/mol. The van der Waals surface area contributed by atoms with Crippen LogP contribution in [-0.2, 0) is 23.9 Å². The Hall–Kier alpha value is -2.19. The molecule has 0 aromatic heterocycles. The second-order valence-electron chi connectivity index (χ2n) is 10.3. The van der Waals surface area contributed by atoms with Crippen LogP contribution in [0.5, 0.6) is 0 Å². The van der Waals surface area contributed by atoms with Crippen LogP contribution in [0, 0.1) is 11.8 Å². The fourth-order valence-corrected chi connectivity index (χ4v) is 7.08. The molecule has 5 aliphatic rings. The van der Waals surface area contributed by atoms with E-state index in [-0.39, 0.29) is 31.1 Å². The lowest BCUT2D eigenvalue weighted by atomic mass is 9.73. The van der Waals surface area contributed by atoms with Crippen LogP contribution >= 0.6 is 0 Å². The van der Waals surface area contributed by atoms with E-state index in [9.17, 15) is 19.5 Å². The standard InChI is InChI=1S/C26H36N2O6/c1-3-17(16-29)28-21-23(31)27(18-10-6-5-7-11-18)14-8-13-26(21)19(22(28)30)20-24(32)33-15-9-12-25(20,4-2)34-26/h8-9,12-13,17-21,29H,3-7,10-11,14-16H2,1-2H3/t17-,19-,20-,21?,25+,26-/m0/s1. The molecule has 1 unspecified atom stereocenters. The first-order chi connectivity index (χ1) is 16.4. The molecule has 6 atom stereocenters. The molecule has 0 aromatic rings. The van der Waals surface area contributed by atoms with Crippen molar-refractivity contribution in [2.24, 2.45) is 11.8 Å². The quantitative estimate of drug-likeness (QED) is 0.485. The Kier molecular flexibility index (Phi) is 6.09. The zero-order chi connectivity index (χ0) is 24.1. The van der Waals surface area contributed by atoms with Gasteiger partial charge in [0.2, 0.25) is 11.8 Å². The summed E-state index contributed by atoms with van der Waals surface area (Å²) in [7, 11) is 0. The molecule has 0 radical (unpaired) electrons. The van der Waals surface area contributed by atoms with Gasteiger partial charge in [-0.1, -0.05) is 51.3 Å². The number of ether oxygens (including phenoxy) is 2. The Morgan fingerprint density at radius 1 is 1.06 bits per heavy atom. The number of amides is 2. The smallest absolute Gasteiger partial charge is 0.313 e. The van der Waals surface area contributed by atoms with E-state index in [1.54, 1.807) is 11.0 Å². The van der Waals surface area contributed by atoms with Crippen LogP contribution in [0.15, 0.2) is 24.3 Å². The second-order valence-corrected chi connectivity index (χ2v) is 10.3. The Morgan fingerprint density at radius 3 is 2.50 bits per heavy atom. The third-order valence-corrected chi connectivity index (χ3v) is 8.76. The highest BCUT2D eigenvalue weighted by atomic mass is 16.6. The van der Waals surface area contributed by atoms with Gasteiger partial charge in [0.15, 0.2) is 0 Å². The van der Waals surface area contributed by atoms with Gasteiger partial charge in [0.25, 0.3) is 0 Å². The largest absolute Gasteiger partial charge is 0.461 e. The zero-order valence-electron chi connectivity index (χ0n) is 20.2. The molecule has 4 aliphatic heterocycles. The summed E-state index contributed by atoms with van der Waals surface area (Å²) in [6.45, 7) is 4.17. The molecular formula is C26H36N2O6.